The molecule has 77 valence electrons. The van der Waals surface area contributed by atoms with Crippen LogP contribution in [0.5, 0.6) is 0 Å². The van der Waals surface area contributed by atoms with E-state index < -0.39 is 0 Å². The monoisotopic (exact) mass is 206 g/mol. The molecule has 0 aliphatic rings. The van der Waals surface area contributed by atoms with Crippen LogP contribution in [0, 0.1) is 6.92 Å². The van der Waals surface area contributed by atoms with Crippen molar-refractivity contribution in [2.75, 3.05) is 0 Å². The molecular weight excluding hydrogens is 194 g/mol. The zero-order chi connectivity index (χ0) is 11.0. The number of para-hydroxylation sites is 1. The van der Waals surface area contributed by atoms with Gasteiger partial charge in [-0.25, -0.2) is 0 Å². The van der Waals surface area contributed by atoms with Crippen molar-refractivity contribution in [1.29, 1.82) is 0 Å². The molecular formula is C15H12N. The molecule has 1 radical (unpaired) electrons. The molecule has 1 nitrogen and oxygen atoms in total. The summed E-state index contributed by atoms with van der Waals surface area (Å²) in [5, 5.41) is 3.71. The van der Waals surface area contributed by atoms with E-state index in [0.717, 1.165) is 11.9 Å². The predicted octanol–water partition coefficient (Wildman–Crippen LogP) is 3.76. The minimum atomic E-state index is 0.803. The zero-order valence-electron chi connectivity index (χ0n) is 8.98. The van der Waals surface area contributed by atoms with E-state index in [1.54, 1.807) is 0 Å². The Morgan fingerprint density at radius 2 is 1.69 bits per heavy atom. The van der Waals surface area contributed by atoms with Crippen molar-refractivity contribution >= 4 is 21.7 Å². The molecule has 16 heavy (non-hydrogen) atoms. The molecule has 1 heterocycles. The van der Waals surface area contributed by atoms with Gasteiger partial charge >= 0.3 is 0 Å². The van der Waals surface area contributed by atoms with Crippen LogP contribution in [0.2, 0.25) is 0 Å². The van der Waals surface area contributed by atoms with Gasteiger partial charge in [-0.2, -0.15) is 0 Å². The lowest BCUT2D eigenvalue weighted by atomic mass is 10.0. The second-order valence-electron chi connectivity index (χ2n) is 3.90. The Morgan fingerprint density at radius 3 is 2.56 bits per heavy atom. The molecule has 0 spiro atoms. The molecule has 0 bridgehead atoms. The number of nitrogens with zero attached hydrogens (tertiary/aromatic N) is 1. The van der Waals surface area contributed by atoms with Crippen LogP contribution in [-0.2, 0) is 6.42 Å². The summed E-state index contributed by atoms with van der Waals surface area (Å²) in [4.78, 5) is 4.49. The van der Waals surface area contributed by atoms with Crippen LogP contribution in [0.4, 0.5) is 0 Å². The van der Waals surface area contributed by atoms with E-state index in [1.165, 1.54) is 21.7 Å². The number of rotatable bonds is 1. The van der Waals surface area contributed by atoms with E-state index in [9.17, 15) is 0 Å². The lowest BCUT2D eigenvalue weighted by Gasteiger charge is -2.06. The van der Waals surface area contributed by atoms with Gasteiger partial charge in [0.1, 0.15) is 0 Å². The minimum Gasteiger partial charge on any atom is -0.256 e. The Hall–Kier alpha value is -1.89. The molecule has 1 aromatic heterocycles. The lowest BCUT2D eigenvalue weighted by Crippen LogP contribution is -1.87. The van der Waals surface area contributed by atoms with Crippen LogP contribution < -0.4 is 0 Å². The van der Waals surface area contributed by atoms with Crippen molar-refractivity contribution in [3.8, 4) is 0 Å². The standard InChI is InChI=1S/C15H12N/c1-2-11-6-5-8-12-13-7-3-4-9-15(13)16-10-14(11)12/h3-10H,1-2H2. The third kappa shape index (κ3) is 1.28. The number of aromatic nitrogens is 1. The summed E-state index contributed by atoms with van der Waals surface area (Å²) < 4.78 is 0. The quantitative estimate of drug-likeness (QED) is 0.552. The third-order valence-electron chi connectivity index (χ3n) is 2.99. The molecule has 0 saturated carbocycles. The Labute approximate surface area is 94.7 Å². The predicted molar refractivity (Wildman–Crippen MR) is 68.3 cm³/mol. The van der Waals surface area contributed by atoms with Crippen LogP contribution in [0.15, 0.2) is 48.7 Å². The molecule has 0 aliphatic carbocycles. The van der Waals surface area contributed by atoms with Gasteiger partial charge in [0.2, 0.25) is 0 Å². The highest BCUT2D eigenvalue weighted by Gasteiger charge is 2.03. The van der Waals surface area contributed by atoms with Gasteiger partial charge in [0.25, 0.3) is 0 Å². The molecule has 0 fully saturated rings. The summed E-state index contributed by atoms with van der Waals surface area (Å²) in [6, 6.07) is 14.6. The average molecular weight is 206 g/mol. The first-order chi connectivity index (χ1) is 7.90. The number of hydrogen-bond acceptors (Lipinski definition) is 1. The molecule has 0 aliphatic heterocycles. The molecule has 0 unspecified atom stereocenters. The third-order valence-corrected chi connectivity index (χ3v) is 2.99. The van der Waals surface area contributed by atoms with Gasteiger partial charge in [-0.1, -0.05) is 36.4 Å². The Bertz CT molecular complexity index is 656. The van der Waals surface area contributed by atoms with Crippen LogP contribution in [0.25, 0.3) is 21.7 Å². The van der Waals surface area contributed by atoms with Crippen molar-refractivity contribution in [1.82, 2.24) is 4.98 Å². The number of hydrogen-bond donors (Lipinski definition) is 0. The Balaban J connectivity index is 2.52. The fourth-order valence-corrected chi connectivity index (χ4v) is 2.17. The number of fused-ring (bicyclic) bond motifs is 3. The van der Waals surface area contributed by atoms with Gasteiger partial charge in [0, 0.05) is 17.0 Å². The van der Waals surface area contributed by atoms with Crippen molar-refractivity contribution in [2.24, 2.45) is 0 Å². The van der Waals surface area contributed by atoms with Gasteiger partial charge in [0.05, 0.1) is 5.52 Å². The van der Waals surface area contributed by atoms with E-state index in [2.05, 4.69) is 42.2 Å². The molecule has 3 aromatic rings. The first-order valence-corrected chi connectivity index (χ1v) is 5.45. The highest BCUT2D eigenvalue weighted by atomic mass is 14.6. The SMILES string of the molecule is [CH2]Cc1cccc2c1cnc1ccccc12. The number of pyridine rings is 1. The Morgan fingerprint density at radius 1 is 0.875 bits per heavy atom. The van der Waals surface area contributed by atoms with E-state index in [4.69, 9.17) is 0 Å². The van der Waals surface area contributed by atoms with Gasteiger partial charge in [-0.3, -0.25) is 4.98 Å². The number of benzene rings is 2. The van der Waals surface area contributed by atoms with Gasteiger partial charge in [-0.05, 0) is 30.4 Å². The van der Waals surface area contributed by atoms with Gasteiger partial charge in [-0.15, -0.1) is 0 Å². The highest BCUT2D eigenvalue weighted by molar-refractivity contribution is 6.06. The highest BCUT2D eigenvalue weighted by Crippen LogP contribution is 2.25. The van der Waals surface area contributed by atoms with Crippen LogP contribution in [0.1, 0.15) is 5.56 Å². The van der Waals surface area contributed by atoms with Crippen LogP contribution >= 0.6 is 0 Å². The summed E-state index contributed by atoms with van der Waals surface area (Å²) in [7, 11) is 0. The molecule has 1 heteroatoms. The second-order valence-corrected chi connectivity index (χ2v) is 3.90. The first-order valence-electron chi connectivity index (χ1n) is 5.45. The van der Waals surface area contributed by atoms with Gasteiger partial charge < -0.3 is 0 Å². The van der Waals surface area contributed by atoms with Crippen molar-refractivity contribution < 1.29 is 0 Å². The van der Waals surface area contributed by atoms with Crippen LogP contribution in [0.3, 0.4) is 0 Å². The first kappa shape index (κ1) is 9.34. The largest absolute Gasteiger partial charge is 0.256 e. The Kier molecular flexibility index (Phi) is 2.10. The maximum Gasteiger partial charge on any atom is 0.0708 e. The van der Waals surface area contributed by atoms with Crippen molar-refractivity contribution in [3.63, 3.8) is 0 Å². The summed E-state index contributed by atoms with van der Waals surface area (Å²) in [5.41, 5.74) is 2.31. The van der Waals surface area contributed by atoms with Crippen LogP contribution in [-0.4, -0.2) is 4.98 Å². The van der Waals surface area contributed by atoms with Gasteiger partial charge in [0.15, 0.2) is 0 Å². The topological polar surface area (TPSA) is 12.9 Å². The molecule has 0 atom stereocenters. The van der Waals surface area contributed by atoms with Crippen molar-refractivity contribution in [3.05, 3.63) is 61.1 Å². The molecule has 2 aromatic carbocycles. The van der Waals surface area contributed by atoms with E-state index in [1.807, 2.05) is 18.3 Å². The second kappa shape index (κ2) is 3.60. The van der Waals surface area contributed by atoms with E-state index in [-0.39, 0.29) is 0 Å². The fourth-order valence-electron chi connectivity index (χ4n) is 2.17. The normalized spacial score (nSPS) is 11.1. The molecule has 3 rings (SSSR count). The summed E-state index contributed by atoms with van der Waals surface area (Å²) in [6.07, 6.45) is 2.76. The van der Waals surface area contributed by atoms with E-state index >= 15 is 0 Å². The maximum absolute atomic E-state index is 4.49. The smallest absolute Gasteiger partial charge is 0.0708 e. The molecule has 0 amide bonds. The van der Waals surface area contributed by atoms with Crippen molar-refractivity contribution in [2.45, 2.75) is 6.42 Å². The summed E-state index contributed by atoms with van der Waals surface area (Å²) in [5.74, 6) is 0. The molecule has 0 N–H and O–H groups in total. The summed E-state index contributed by atoms with van der Waals surface area (Å²) in [6.45, 7) is 3.96. The molecule has 0 saturated heterocycles. The lowest BCUT2D eigenvalue weighted by molar-refractivity contribution is 1.29. The summed E-state index contributed by atoms with van der Waals surface area (Å²) >= 11 is 0. The average Bonchev–Trinajstić information content (AvgIpc) is 2.37. The van der Waals surface area contributed by atoms with E-state index in [0.29, 0.717) is 0 Å². The maximum atomic E-state index is 4.49. The minimum absolute atomic E-state index is 0.803. The zero-order valence-corrected chi connectivity index (χ0v) is 8.98. The fraction of sp³-hybridized carbons (Fsp3) is 0.0667.